The average molecular weight is 331 g/mol. The molecule has 1 rings (SSSR count). The number of nitrogens with zero attached hydrogens (tertiary/aromatic N) is 1. The average Bonchev–Trinajstić information content (AvgIpc) is 2.29. The van der Waals surface area contributed by atoms with Crippen LogP contribution in [0.15, 0.2) is 12.1 Å². The van der Waals surface area contributed by atoms with Gasteiger partial charge >= 0.3 is 18.1 Å². The van der Waals surface area contributed by atoms with Crippen molar-refractivity contribution in [1.29, 1.82) is 0 Å². The molecule has 0 saturated carbocycles. The largest absolute Gasteiger partial charge is 0.480 e. The maximum absolute atomic E-state index is 12.1. The SMILES string of the molecule is O=C(O)C(Cc1ccc(Cl)nc1Cl)NC(=O)C(F)(F)F. The van der Waals surface area contributed by atoms with Crippen molar-refractivity contribution in [1.82, 2.24) is 10.3 Å². The lowest BCUT2D eigenvalue weighted by atomic mass is 10.1. The fourth-order valence-electron chi connectivity index (χ4n) is 1.25. The van der Waals surface area contributed by atoms with Crippen molar-refractivity contribution in [3.8, 4) is 0 Å². The summed E-state index contributed by atoms with van der Waals surface area (Å²) in [5.41, 5.74) is 0.144. The van der Waals surface area contributed by atoms with E-state index in [2.05, 4.69) is 4.98 Å². The highest BCUT2D eigenvalue weighted by Crippen LogP contribution is 2.19. The topological polar surface area (TPSA) is 79.3 Å². The lowest BCUT2D eigenvalue weighted by Crippen LogP contribution is -2.47. The van der Waals surface area contributed by atoms with Gasteiger partial charge in [0.2, 0.25) is 0 Å². The van der Waals surface area contributed by atoms with Gasteiger partial charge < -0.3 is 10.4 Å². The summed E-state index contributed by atoms with van der Waals surface area (Å²) in [6.45, 7) is 0. The van der Waals surface area contributed by atoms with Crippen LogP contribution in [0, 0.1) is 0 Å². The Morgan fingerprint density at radius 1 is 1.35 bits per heavy atom. The Hall–Kier alpha value is -1.54. The van der Waals surface area contributed by atoms with Crippen LogP contribution in [0.4, 0.5) is 13.2 Å². The van der Waals surface area contributed by atoms with E-state index in [0.717, 1.165) is 0 Å². The smallest absolute Gasteiger partial charge is 0.471 e. The highest BCUT2D eigenvalue weighted by molar-refractivity contribution is 6.32. The third kappa shape index (κ3) is 4.53. The lowest BCUT2D eigenvalue weighted by molar-refractivity contribution is -0.175. The van der Waals surface area contributed by atoms with Gasteiger partial charge in [0.05, 0.1) is 0 Å². The van der Waals surface area contributed by atoms with E-state index in [4.69, 9.17) is 28.3 Å². The van der Waals surface area contributed by atoms with Gasteiger partial charge in [0, 0.05) is 6.42 Å². The molecule has 10 heteroatoms. The molecule has 1 aromatic rings. The van der Waals surface area contributed by atoms with Crippen molar-refractivity contribution in [3.05, 3.63) is 28.0 Å². The van der Waals surface area contributed by atoms with Crippen molar-refractivity contribution in [2.75, 3.05) is 0 Å². The summed E-state index contributed by atoms with van der Waals surface area (Å²) < 4.78 is 36.2. The normalized spacial score (nSPS) is 12.8. The van der Waals surface area contributed by atoms with Crippen molar-refractivity contribution >= 4 is 35.1 Å². The first-order valence-electron chi connectivity index (χ1n) is 5.02. The van der Waals surface area contributed by atoms with Gasteiger partial charge in [-0.1, -0.05) is 29.3 Å². The number of aromatic nitrogens is 1. The molecule has 0 aliphatic carbocycles. The number of alkyl halides is 3. The van der Waals surface area contributed by atoms with E-state index >= 15 is 0 Å². The molecule has 0 saturated heterocycles. The van der Waals surface area contributed by atoms with Gasteiger partial charge in [-0.05, 0) is 11.6 Å². The second-order valence-electron chi connectivity index (χ2n) is 3.65. The van der Waals surface area contributed by atoms with Crippen LogP contribution in [0.25, 0.3) is 0 Å². The van der Waals surface area contributed by atoms with E-state index in [1.807, 2.05) is 0 Å². The van der Waals surface area contributed by atoms with Crippen molar-refractivity contribution in [2.45, 2.75) is 18.6 Å². The number of carboxylic acid groups (broad SMARTS) is 1. The Morgan fingerprint density at radius 2 is 1.95 bits per heavy atom. The van der Waals surface area contributed by atoms with Crippen LogP contribution in [0.5, 0.6) is 0 Å². The Labute approximate surface area is 120 Å². The molecule has 0 aliphatic heterocycles. The number of carbonyl (C=O) groups is 2. The minimum absolute atomic E-state index is 0.0463. The van der Waals surface area contributed by atoms with Gasteiger partial charge in [0.15, 0.2) is 0 Å². The minimum atomic E-state index is -5.17. The standard InChI is InChI=1S/C10H7Cl2F3N2O3/c11-6-2-1-4(7(12)17-6)3-5(8(18)19)16-9(20)10(13,14)15/h1-2,5H,3H2,(H,16,20)(H,18,19). The lowest BCUT2D eigenvalue weighted by Gasteiger charge is -2.16. The minimum Gasteiger partial charge on any atom is -0.480 e. The van der Waals surface area contributed by atoms with E-state index in [-0.39, 0.29) is 15.9 Å². The maximum atomic E-state index is 12.1. The first-order valence-corrected chi connectivity index (χ1v) is 5.78. The molecule has 1 unspecified atom stereocenters. The summed E-state index contributed by atoms with van der Waals surface area (Å²) in [7, 11) is 0. The van der Waals surface area contributed by atoms with Gasteiger partial charge in [-0.25, -0.2) is 9.78 Å². The van der Waals surface area contributed by atoms with Crippen LogP contribution < -0.4 is 5.32 Å². The summed E-state index contributed by atoms with van der Waals surface area (Å²) in [6.07, 6.45) is -5.63. The van der Waals surface area contributed by atoms with Crippen LogP contribution in [0.1, 0.15) is 5.56 Å². The molecule has 2 N–H and O–H groups in total. The molecule has 1 atom stereocenters. The molecule has 0 radical (unpaired) electrons. The number of carboxylic acids is 1. The van der Waals surface area contributed by atoms with Crippen LogP contribution in [-0.4, -0.2) is 34.2 Å². The zero-order chi connectivity index (χ0) is 15.5. The molecular weight excluding hydrogens is 324 g/mol. The number of hydrogen-bond acceptors (Lipinski definition) is 3. The molecule has 5 nitrogen and oxygen atoms in total. The van der Waals surface area contributed by atoms with E-state index in [9.17, 15) is 22.8 Å². The number of nitrogens with one attached hydrogen (secondary N) is 1. The van der Waals surface area contributed by atoms with E-state index < -0.39 is 30.5 Å². The number of aliphatic carboxylic acids is 1. The summed E-state index contributed by atoms with van der Waals surface area (Å²) in [6, 6.07) is 0.824. The van der Waals surface area contributed by atoms with Gasteiger partial charge in [-0.15, -0.1) is 0 Å². The van der Waals surface area contributed by atoms with Crippen LogP contribution in [0.3, 0.4) is 0 Å². The number of carbonyl (C=O) groups excluding carboxylic acids is 1. The molecule has 1 amide bonds. The predicted molar refractivity (Wildman–Crippen MR) is 63.6 cm³/mol. The molecule has 1 aromatic heterocycles. The van der Waals surface area contributed by atoms with E-state index in [0.29, 0.717) is 0 Å². The number of halogens is 5. The molecule has 1 heterocycles. The Morgan fingerprint density at radius 3 is 2.40 bits per heavy atom. The summed E-state index contributed by atoms with van der Waals surface area (Å²) in [5.74, 6) is -3.98. The summed E-state index contributed by atoms with van der Waals surface area (Å²) in [4.78, 5) is 25.2. The third-order valence-corrected chi connectivity index (χ3v) is 2.71. The molecule has 110 valence electrons. The molecule has 0 aliphatic rings. The second-order valence-corrected chi connectivity index (χ2v) is 4.40. The maximum Gasteiger partial charge on any atom is 0.471 e. The number of amides is 1. The second kappa shape index (κ2) is 6.27. The predicted octanol–water partition coefficient (Wildman–Crippen LogP) is 2.06. The van der Waals surface area contributed by atoms with Gasteiger partial charge in [0.25, 0.3) is 0 Å². The number of rotatable bonds is 4. The fraction of sp³-hybridized carbons (Fsp3) is 0.300. The monoisotopic (exact) mass is 330 g/mol. The van der Waals surface area contributed by atoms with Crippen molar-refractivity contribution < 1.29 is 27.9 Å². The first-order chi connectivity index (χ1) is 9.11. The Balaban J connectivity index is 2.88. The first kappa shape index (κ1) is 16.5. The van der Waals surface area contributed by atoms with Gasteiger partial charge in [-0.3, -0.25) is 4.79 Å². The zero-order valence-electron chi connectivity index (χ0n) is 9.54. The van der Waals surface area contributed by atoms with Crippen LogP contribution in [0.2, 0.25) is 10.3 Å². The van der Waals surface area contributed by atoms with Gasteiger partial charge in [0.1, 0.15) is 16.3 Å². The highest BCUT2D eigenvalue weighted by atomic mass is 35.5. The van der Waals surface area contributed by atoms with Crippen molar-refractivity contribution in [2.24, 2.45) is 0 Å². The fourth-order valence-corrected chi connectivity index (χ4v) is 1.68. The molecule has 0 bridgehead atoms. The summed E-state index contributed by atoms with van der Waals surface area (Å²) >= 11 is 11.2. The van der Waals surface area contributed by atoms with Gasteiger partial charge in [-0.2, -0.15) is 13.2 Å². The summed E-state index contributed by atoms with van der Waals surface area (Å²) in [5, 5.41) is 10.1. The Kier molecular flexibility index (Phi) is 5.18. The van der Waals surface area contributed by atoms with E-state index in [1.165, 1.54) is 17.4 Å². The third-order valence-electron chi connectivity index (χ3n) is 2.18. The van der Waals surface area contributed by atoms with Crippen LogP contribution in [-0.2, 0) is 16.0 Å². The molecule has 0 aromatic carbocycles. The van der Waals surface area contributed by atoms with E-state index in [1.54, 1.807) is 0 Å². The Bertz CT molecular complexity index is 537. The molecule has 20 heavy (non-hydrogen) atoms. The highest BCUT2D eigenvalue weighted by Gasteiger charge is 2.40. The number of hydrogen-bond donors (Lipinski definition) is 2. The quantitative estimate of drug-likeness (QED) is 0.828. The number of pyridine rings is 1. The van der Waals surface area contributed by atoms with Crippen molar-refractivity contribution in [3.63, 3.8) is 0 Å². The van der Waals surface area contributed by atoms with Crippen LogP contribution >= 0.6 is 23.2 Å². The molecule has 0 spiro atoms. The molecular formula is C10H7Cl2F3N2O3. The zero-order valence-corrected chi connectivity index (χ0v) is 11.1. The molecule has 0 fully saturated rings.